The van der Waals surface area contributed by atoms with Gasteiger partial charge in [0.1, 0.15) is 11.2 Å². The van der Waals surface area contributed by atoms with E-state index < -0.39 is 0 Å². The van der Waals surface area contributed by atoms with E-state index in [-0.39, 0.29) is 5.91 Å². The average Bonchev–Trinajstić information content (AvgIpc) is 3.29. The Morgan fingerprint density at radius 3 is 2.61 bits per heavy atom. The van der Waals surface area contributed by atoms with Crippen molar-refractivity contribution in [1.29, 1.82) is 0 Å². The van der Waals surface area contributed by atoms with Crippen molar-refractivity contribution in [1.82, 2.24) is 19.7 Å². The number of anilines is 1. The van der Waals surface area contributed by atoms with Gasteiger partial charge in [-0.2, -0.15) is 5.10 Å². The first-order valence-corrected chi connectivity index (χ1v) is 10.8. The van der Waals surface area contributed by atoms with Gasteiger partial charge in [0.2, 0.25) is 0 Å². The van der Waals surface area contributed by atoms with Gasteiger partial charge in [0.15, 0.2) is 5.13 Å². The zero-order valence-corrected chi connectivity index (χ0v) is 18.3. The molecule has 0 unspecified atom stereocenters. The second kappa shape index (κ2) is 9.03. The summed E-state index contributed by atoms with van der Waals surface area (Å²) in [5, 5.41) is 5.70. The number of fused-ring (bicyclic) bond motifs is 1. The van der Waals surface area contributed by atoms with E-state index in [4.69, 9.17) is 16.6 Å². The predicted molar refractivity (Wildman–Crippen MR) is 117 cm³/mol. The third-order valence-electron chi connectivity index (χ3n) is 4.79. The van der Waals surface area contributed by atoms with Crippen LogP contribution in [-0.2, 0) is 6.54 Å². The Labute approximate surface area is 174 Å². The topological polar surface area (TPSA) is 54.3 Å². The molecule has 8 heteroatoms. The normalized spacial score (nSPS) is 11.5. The molecule has 0 fully saturated rings. The number of para-hydroxylation sites is 1. The minimum atomic E-state index is -0.0789. The number of likely N-dealkylation sites (N-methyl/N-ethyl adjacent to an activating group) is 1. The summed E-state index contributed by atoms with van der Waals surface area (Å²) < 4.78 is 2.73. The number of benzene rings is 1. The van der Waals surface area contributed by atoms with Gasteiger partial charge >= 0.3 is 0 Å². The highest BCUT2D eigenvalue weighted by Crippen LogP contribution is 2.33. The zero-order chi connectivity index (χ0) is 20.3. The number of nitrogens with zero attached hydrogens (tertiary/aromatic N) is 5. The number of halogens is 1. The molecule has 150 valence electrons. The lowest BCUT2D eigenvalue weighted by molar-refractivity contribution is 0.0973. The molecule has 1 aromatic carbocycles. The second-order valence-corrected chi connectivity index (χ2v) is 7.97. The van der Waals surface area contributed by atoms with Crippen LogP contribution in [0.2, 0.25) is 5.02 Å². The molecule has 0 aliphatic rings. The number of amides is 1. The van der Waals surface area contributed by atoms with Crippen molar-refractivity contribution in [3.05, 3.63) is 40.7 Å². The van der Waals surface area contributed by atoms with Crippen LogP contribution in [0.3, 0.4) is 0 Å². The smallest absolute Gasteiger partial charge is 0.278 e. The van der Waals surface area contributed by atoms with Crippen LogP contribution < -0.4 is 4.90 Å². The Hall–Kier alpha value is -1.96. The number of thiazole rings is 1. The van der Waals surface area contributed by atoms with Gasteiger partial charge in [-0.1, -0.05) is 42.9 Å². The molecule has 0 saturated heterocycles. The molecule has 0 aliphatic heterocycles. The van der Waals surface area contributed by atoms with Crippen LogP contribution in [0.4, 0.5) is 5.13 Å². The molecular formula is C20H26ClN5OS. The van der Waals surface area contributed by atoms with E-state index in [0.717, 1.165) is 35.5 Å². The standard InChI is InChI=1S/C20H26ClN5OS/c1-5-24(6-2)11-12-25(19(27)16-13-14(4)23-26(16)7-3)20-22-18-15(21)9-8-10-17(18)28-20/h8-10,13H,5-7,11-12H2,1-4H3. The maximum atomic E-state index is 13.5. The molecule has 0 aliphatic carbocycles. The lowest BCUT2D eigenvalue weighted by Crippen LogP contribution is -2.39. The van der Waals surface area contributed by atoms with Crippen LogP contribution in [0, 0.1) is 6.92 Å². The van der Waals surface area contributed by atoms with E-state index in [0.29, 0.717) is 28.9 Å². The number of carbonyl (C=O) groups is 1. The minimum absolute atomic E-state index is 0.0789. The van der Waals surface area contributed by atoms with E-state index in [1.807, 2.05) is 38.1 Å². The van der Waals surface area contributed by atoms with E-state index in [1.165, 1.54) is 11.3 Å². The Morgan fingerprint density at radius 1 is 1.21 bits per heavy atom. The molecule has 0 bridgehead atoms. The molecule has 28 heavy (non-hydrogen) atoms. The molecule has 0 spiro atoms. The Kier molecular flexibility index (Phi) is 6.69. The van der Waals surface area contributed by atoms with E-state index >= 15 is 0 Å². The summed E-state index contributed by atoms with van der Waals surface area (Å²) in [6.45, 7) is 12.0. The molecule has 3 aromatic rings. The summed E-state index contributed by atoms with van der Waals surface area (Å²) in [4.78, 5) is 22.2. The fraction of sp³-hybridized carbons (Fsp3) is 0.450. The van der Waals surface area contributed by atoms with Crippen LogP contribution in [0.25, 0.3) is 10.2 Å². The van der Waals surface area contributed by atoms with Crippen LogP contribution >= 0.6 is 22.9 Å². The van der Waals surface area contributed by atoms with Crippen molar-refractivity contribution in [3.63, 3.8) is 0 Å². The molecule has 0 N–H and O–H groups in total. The summed E-state index contributed by atoms with van der Waals surface area (Å²) in [6.07, 6.45) is 0. The van der Waals surface area contributed by atoms with E-state index in [1.54, 1.807) is 9.58 Å². The van der Waals surface area contributed by atoms with Gasteiger partial charge in [0.25, 0.3) is 5.91 Å². The van der Waals surface area contributed by atoms with Crippen molar-refractivity contribution >= 4 is 44.2 Å². The van der Waals surface area contributed by atoms with Crippen molar-refractivity contribution in [3.8, 4) is 0 Å². The first-order chi connectivity index (χ1) is 13.5. The fourth-order valence-electron chi connectivity index (χ4n) is 3.18. The summed E-state index contributed by atoms with van der Waals surface area (Å²) in [5.41, 5.74) is 2.16. The maximum Gasteiger partial charge on any atom is 0.278 e. The number of hydrogen-bond donors (Lipinski definition) is 0. The Bertz CT molecular complexity index is 963. The quantitative estimate of drug-likeness (QED) is 0.540. The molecule has 0 radical (unpaired) electrons. The number of aryl methyl sites for hydroxylation is 2. The third kappa shape index (κ3) is 4.21. The maximum absolute atomic E-state index is 13.5. The van der Waals surface area contributed by atoms with E-state index in [2.05, 4.69) is 23.8 Å². The minimum Gasteiger partial charge on any atom is -0.302 e. The Morgan fingerprint density at radius 2 is 1.96 bits per heavy atom. The molecule has 6 nitrogen and oxygen atoms in total. The monoisotopic (exact) mass is 419 g/mol. The third-order valence-corrected chi connectivity index (χ3v) is 6.14. The van der Waals surface area contributed by atoms with Gasteiger partial charge in [-0.05, 0) is 45.1 Å². The number of aromatic nitrogens is 3. The number of hydrogen-bond acceptors (Lipinski definition) is 5. The molecule has 2 heterocycles. The van der Waals surface area contributed by atoms with Gasteiger partial charge in [-0.15, -0.1) is 0 Å². The molecular weight excluding hydrogens is 394 g/mol. The highest BCUT2D eigenvalue weighted by atomic mass is 35.5. The summed E-state index contributed by atoms with van der Waals surface area (Å²) in [6, 6.07) is 7.56. The molecule has 0 saturated carbocycles. The van der Waals surface area contributed by atoms with Gasteiger partial charge in [0, 0.05) is 19.6 Å². The molecule has 2 aromatic heterocycles. The van der Waals surface area contributed by atoms with Crippen molar-refractivity contribution in [2.75, 3.05) is 31.1 Å². The molecule has 1 amide bonds. The van der Waals surface area contributed by atoms with Crippen LogP contribution in [0.5, 0.6) is 0 Å². The van der Waals surface area contributed by atoms with Crippen LogP contribution in [0.15, 0.2) is 24.3 Å². The van der Waals surface area contributed by atoms with Gasteiger partial charge in [-0.3, -0.25) is 14.4 Å². The highest BCUT2D eigenvalue weighted by Gasteiger charge is 2.25. The molecule has 3 rings (SSSR count). The second-order valence-electron chi connectivity index (χ2n) is 6.55. The summed E-state index contributed by atoms with van der Waals surface area (Å²) in [5.74, 6) is -0.0789. The van der Waals surface area contributed by atoms with E-state index in [9.17, 15) is 4.79 Å². The summed E-state index contributed by atoms with van der Waals surface area (Å²) in [7, 11) is 0. The highest BCUT2D eigenvalue weighted by molar-refractivity contribution is 7.22. The largest absolute Gasteiger partial charge is 0.302 e. The van der Waals surface area contributed by atoms with Gasteiger partial charge < -0.3 is 4.90 Å². The number of carbonyl (C=O) groups excluding carboxylic acids is 1. The van der Waals surface area contributed by atoms with Crippen LogP contribution in [-0.4, -0.2) is 51.8 Å². The lowest BCUT2D eigenvalue weighted by Gasteiger charge is -2.24. The van der Waals surface area contributed by atoms with Crippen molar-refractivity contribution in [2.24, 2.45) is 0 Å². The number of rotatable bonds is 8. The van der Waals surface area contributed by atoms with Gasteiger partial charge in [0.05, 0.1) is 15.4 Å². The summed E-state index contributed by atoms with van der Waals surface area (Å²) >= 11 is 7.80. The van der Waals surface area contributed by atoms with Crippen molar-refractivity contribution < 1.29 is 4.79 Å². The first kappa shape index (κ1) is 20.8. The first-order valence-electron chi connectivity index (χ1n) is 9.62. The zero-order valence-electron chi connectivity index (χ0n) is 16.8. The van der Waals surface area contributed by atoms with Crippen molar-refractivity contribution in [2.45, 2.75) is 34.2 Å². The Balaban J connectivity index is 2.00. The van der Waals surface area contributed by atoms with Crippen LogP contribution in [0.1, 0.15) is 37.0 Å². The fourth-order valence-corrected chi connectivity index (χ4v) is 4.47. The molecule has 0 atom stereocenters. The average molecular weight is 420 g/mol. The predicted octanol–water partition coefficient (Wildman–Crippen LogP) is 4.46. The van der Waals surface area contributed by atoms with Gasteiger partial charge in [-0.25, -0.2) is 4.98 Å². The SMILES string of the molecule is CCN(CC)CCN(C(=O)c1cc(C)nn1CC)c1nc2c(Cl)cccc2s1. The lowest BCUT2D eigenvalue weighted by atomic mass is 10.3.